The van der Waals surface area contributed by atoms with Gasteiger partial charge in [-0.05, 0) is 50.7 Å². The number of imidazole rings is 1. The molecule has 2 N–H and O–H groups in total. The van der Waals surface area contributed by atoms with E-state index in [2.05, 4.69) is 37.5 Å². The van der Waals surface area contributed by atoms with Gasteiger partial charge in [0.1, 0.15) is 11.3 Å². The molecule has 1 saturated heterocycles. The van der Waals surface area contributed by atoms with E-state index >= 15 is 0 Å². The highest BCUT2D eigenvalue weighted by molar-refractivity contribution is 5.93. The number of carbonyl (C=O) groups excluding carboxylic acids is 1. The average molecular weight is 457 g/mol. The van der Waals surface area contributed by atoms with E-state index in [9.17, 15) is 9.59 Å². The Kier molecular flexibility index (Phi) is 5.28. The average Bonchev–Trinajstić information content (AvgIpc) is 3.55. The molecule has 34 heavy (non-hydrogen) atoms. The van der Waals surface area contributed by atoms with Gasteiger partial charge in [-0.1, -0.05) is 18.2 Å². The zero-order valence-electron chi connectivity index (χ0n) is 19.0. The molecule has 0 atom stereocenters. The normalized spacial score (nSPS) is 20.8. The first-order valence-electron chi connectivity index (χ1n) is 12.2. The largest absolute Gasteiger partial charge is 0.371 e. The highest BCUT2D eigenvalue weighted by atomic mass is 16.2. The van der Waals surface area contributed by atoms with Crippen molar-refractivity contribution in [3.05, 3.63) is 70.5 Å². The number of hydrogen-bond acceptors (Lipinski definition) is 5. The van der Waals surface area contributed by atoms with Crippen LogP contribution in [0.25, 0.3) is 16.4 Å². The van der Waals surface area contributed by atoms with Gasteiger partial charge in [0.15, 0.2) is 0 Å². The number of anilines is 1. The molecule has 3 aromatic heterocycles. The molecule has 0 radical (unpaired) electrons. The monoisotopic (exact) mass is 456 g/mol. The Morgan fingerprint density at radius 3 is 2.59 bits per heavy atom. The van der Waals surface area contributed by atoms with Crippen LogP contribution in [0, 0.1) is 0 Å². The van der Waals surface area contributed by atoms with Crippen molar-refractivity contribution < 1.29 is 4.79 Å². The summed E-state index contributed by atoms with van der Waals surface area (Å²) in [7, 11) is 0. The minimum absolute atomic E-state index is 0.0857. The Morgan fingerprint density at radius 1 is 1.03 bits per heavy atom. The third-order valence-electron chi connectivity index (χ3n) is 7.38. The molecular weight excluding hydrogens is 428 g/mol. The first kappa shape index (κ1) is 20.9. The molecule has 0 bridgehead atoms. The smallest absolute Gasteiger partial charge is 0.272 e. The summed E-state index contributed by atoms with van der Waals surface area (Å²) in [6.45, 7) is 2.16. The van der Waals surface area contributed by atoms with E-state index in [1.54, 1.807) is 6.20 Å². The summed E-state index contributed by atoms with van der Waals surface area (Å²) in [5.74, 6) is 0.187. The van der Waals surface area contributed by atoms with E-state index in [1.165, 1.54) is 18.5 Å². The maximum atomic E-state index is 13.1. The molecule has 0 unspecified atom stereocenters. The second-order valence-corrected chi connectivity index (χ2v) is 9.46. The molecule has 1 saturated carbocycles. The van der Waals surface area contributed by atoms with Crippen molar-refractivity contribution >= 4 is 28.0 Å². The fourth-order valence-corrected chi connectivity index (χ4v) is 5.53. The second-order valence-electron chi connectivity index (χ2n) is 9.46. The van der Waals surface area contributed by atoms with Crippen molar-refractivity contribution in [3.63, 3.8) is 0 Å². The van der Waals surface area contributed by atoms with Crippen LogP contribution >= 0.6 is 0 Å². The van der Waals surface area contributed by atoms with Crippen molar-refractivity contribution in [2.45, 2.75) is 50.5 Å². The number of H-pyrrole nitrogens is 1. The van der Waals surface area contributed by atoms with Gasteiger partial charge in [0.25, 0.3) is 11.5 Å². The number of nitrogens with zero attached hydrogens (tertiary/aromatic N) is 4. The maximum absolute atomic E-state index is 13.1. The van der Waals surface area contributed by atoms with Crippen molar-refractivity contribution in [1.82, 2.24) is 24.9 Å². The van der Waals surface area contributed by atoms with Gasteiger partial charge in [-0.15, -0.1) is 0 Å². The zero-order chi connectivity index (χ0) is 23.1. The van der Waals surface area contributed by atoms with Crippen LogP contribution in [0.4, 0.5) is 5.69 Å². The fraction of sp³-hybridized carbons (Fsp3) is 0.385. The van der Waals surface area contributed by atoms with Crippen LogP contribution in [0.2, 0.25) is 0 Å². The van der Waals surface area contributed by atoms with Gasteiger partial charge in [-0.3, -0.25) is 14.0 Å². The van der Waals surface area contributed by atoms with Crippen LogP contribution in [-0.4, -0.2) is 44.6 Å². The molecule has 2 fully saturated rings. The summed E-state index contributed by atoms with van der Waals surface area (Å²) in [4.78, 5) is 32.0. The lowest BCUT2D eigenvalue weighted by molar-refractivity contribution is 0.0919. The highest BCUT2D eigenvalue weighted by Gasteiger charge is 2.27. The van der Waals surface area contributed by atoms with E-state index in [1.807, 2.05) is 34.9 Å². The third kappa shape index (κ3) is 3.73. The van der Waals surface area contributed by atoms with Crippen LogP contribution < -0.4 is 15.8 Å². The van der Waals surface area contributed by atoms with Crippen molar-refractivity contribution in [1.29, 1.82) is 0 Å². The number of aromatic amines is 1. The molecule has 0 spiro atoms. The summed E-state index contributed by atoms with van der Waals surface area (Å²) in [5, 5.41) is 11.9. The lowest BCUT2D eigenvalue weighted by atomic mass is 9.82. The van der Waals surface area contributed by atoms with Crippen molar-refractivity contribution in [2.24, 2.45) is 0 Å². The number of fused-ring (bicyclic) bond motifs is 2. The minimum Gasteiger partial charge on any atom is -0.371 e. The van der Waals surface area contributed by atoms with Crippen molar-refractivity contribution in [2.75, 3.05) is 18.0 Å². The number of benzene rings is 1. The fourth-order valence-electron chi connectivity index (χ4n) is 5.53. The Bertz CT molecular complexity index is 1410. The van der Waals surface area contributed by atoms with E-state index in [-0.39, 0.29) is 23.4 Å². The summed E-state index contributed by atoms with van der Waals surface area (Å²) in [6, 6.07) is 11.9. The predicted octanol–water partition coefficient (Wildman–Crippen LogP) is 3.63. The molecule has 6 rings (SSSR count). The van der Waals surface area contributed by atoms with Crippen LogP contribution in [0.3, 0.4) is 0 Å². The summed E-state index contributed by atoms with van der Waals surface area (Å²) >= 11 is 0. The molecule has 4 heterocycles. The standard InChI is InChI=1S/C26H28N6O2/c33-25-21-6-2-1-5-20(21)24(29-30-25)17-7-9-18(10-8-17)28-26(34)22-16-27-23-15-19(11-14-32(22)23)31-12-3-4-13-31/h1-2,5-6,11,14-18H,3-4,7-10,12-13H2,(H,28,34)(H,30,33)/t17-,18-. The van der Waals surface area contributed by atoms with Gasteiger partial charge < -0.3 is 10.2 Å². The molecule has 2 aliphatic rings. The van der Waals surface area contributed by atoms with Gasteiger partial charge in [0.2, 0.25) is 0 Å². The van der Waals surface area contributed by atoms with Crippen LogP contribution in [0.15, 0.2) is 53.6 Å². The number of pyridine rings is 1. The molecule has 1 amide bonds. The third-order valence-corrected chi connectivity index (χ3v) is 7.38. The first-order chi connectivity index (χ1) is 16.7. The number of rotatable bonds is 4. The Balaban J connectivity index is 1.13. The van der Waals surface area contributed by atoms with E-state index in [0.717, 1.165) is 55.5 Å². The lowest BCUT2D eigenvalue weighted by Crippen LogP contribution is -2.38. The second kappa shape index (κ2) is 8.59. The molecule has 1 aliphatic carbocycles. The number of nitrogens with one attached hydrogen (secondary N) is 2. The van der Waals surface area contributed by atoms with Crippen molar-refractivity contribution in [3.8, 4) is 0 Å². The SMILES string of the molecule is O=C(N[C@H]1CC[C@H](c2n[nH]c(=O)c3ccccc32)CC1)c1cnc2cc(N3CCCC3)ccn12. The summed E-state index contributed by atoms with van der Waals surface area (Å²) in [6.07, 6.45) is 9.66. The quantitative estimate of drug-likeness (QED) is 0.489. The molecule has 8 heteroatoms. The van der Waals surface area contributed by atoms with Gasteiger partial charge in [0, 0.05) is 48.4 Å². The molecule has 1 aliphatic heterocycles. The molecule has 1 aromatic carbocycles. The minimum atomic E-state index is -0.152. The van der Waals surface area contributed by atoms with Gasteiger partial charge in [0.05, 0.1) is 17.3 Å². The molecular formula is C26H28N6O2. The Hall–Kier alpha value is -3.68. The summed E-state index contributed by atoms with van der Waals surface area (Å²) in [5.41, 5.74) is 3.34. The lowest BCUT2D eigenvalue weighted by Gasteiger charge is -2.29. The van der Waals surface area contributed by atoms with Gasteiger partial charge >= 0.3 is 0 Å². The van der Waals surface area contributed by atoms with Crippen LogP contribution in [0.1, 0.15) is 60.6 Å². The van der Waals surface area contributed by atoms with Gasteiger partial charge in [-0.2, -0.15) is 5.10 Å². The first-order valence-corrected chi connectivity index (χ1v) is 12.2. The topological polar surface area (TPSA) is 95.4 Å². The van der Waals surface area contributed by atoms with E-state index in [0.29, 0.717) is 11.1 Å². The number of carbonyl (C=O) groups is 1. The Labute approximate surface area is 197 Å². The maximum Gasteiger partial charge on any atom is 0.272 e. The number of hydrogen-bond donors (Lipinski definition) is 2. The number of amides is 1. The van der Waals surface area contributed by atoms with E-state index in [4.69, 9.17) is 0 Å². The predicted molar refractivity (Wildman–Crippen MR) is 131 cm³/mol. The van der Waals surface area contributed by atoms with Crippen LogP contribution in [0.5, 0.6) is 0 Å². The molecule has 8 nitrogen and oxygen atoms in total. The van der Waals surface area contributed by atoms with Crippen LogP contribution in [-0.2, 0) is 0 Å². The molecule has 4 aromatic rings. The molecule has 174 valence electrons. The zero-order valence-corrected chi connectivity index (χ0v) is 19.0. The highest BCUT2D eigenvalue weighted by Crippen LogP contribution is 2.34. The van der Waals surface area contributed by atoms with Gasteiger partial charge in [-0.25, -0.2) is 10.1 Å². The summed E-state index contributed by atoms with van der Waals surface area (Å²) < 4.78 is 1.87. The number of aromatic nitrogens is 4. The van der Waals surface area contributed by atoms with E-state index < -0.39 is 0 Å². The Morgan fingerprint density at radius 2 is 1.79 bits per heavy atom.